The van der Waals surface area contributed by atoms with Crippen LogP contribution >= 0.6 is 15.9 Å². The third-order valence-corrected chi connectivity index (χ3v) is 2.50. The van der Waals surface area contributed by atoms with Gasteiger partial charge in [-0.15, -0.1) is 0 Å². The van der Waals surface area contributed by atoms with E-state index in [9.17, 15) is 18.0 Å². The van der Waals surface area contributed by atoms with E-state index in [1.807, 2.05) is 0 Å². The number of hydrogen-bond donors (Lipinski definition) is 0. The Morgan fingerprint density at radius 2 is 1.94 bits per heavy atom. The quantitative estimate of drug-likeness (QED) is 0.798. The highest BCUT2D eigenvalue weighted by Gasteiger charge is 2.31. The summed E-state index contributed by atoms with van der Waals surface area (Å²) in [5, 5.41) is 0. The lowest BCUT2D eigenvalue weighted by Crippen LogP contribution is -2.25. The van der Waals surface area contributed by atoms with E-state index in [0.717, 1.165) is 12.1 Å². The molecule has 0 aliphatic rings. The molecule has 3 nitrogen and oxygen atoms in total. The van der Waals surface area contributed by atoms with Crippen LogP contribution in [0, 0.1) is 0 Å². The zero-order valence-corrected chi connectivity index (χ0v) is 11.1. The van der Waals surface area contributed by atoms with Crippen molar-refractivity contribution in [1.29, 1.82) is 0 Å². The molecule has 0 fully saturated rings. The molecule has 0 bridgehead atoms. The molecule has 100 valence electrons. The summed E-state index contributed by atoms with van der Waals surface area (Å²) in [4.78, 5) is 11.1. The summed E-state index contributed by atoms with van der Waals surface area (Å²) < 4.78 is 47.3. The Bertz CT molecular complexity index is 446. The van der Waals surface area contributed by atoms with Crippen LogP contribution in [0.5, 0.6) is 5.75 Å². The highest BCUT2D eigenvalue weighted by atomic mass is 79.9. The van der Waals surface area contributed by atoms with Gasteiger partial charge in [0.15, 0.2) is 6.10 Å². The SMILES string of the molecule is COC(=O)C(C)Oc1cc(Br)cc(C(F)(F)F)c1. The van der Waals surface area contributed by atoms with E-state index in [2.05, 4.69) is 20.7 Å². The van der Waals surface area contributed by atoms with Crippen molar-refractivity contribution >= 4 is 21.9 Å². The van der Waals surface area contributed by atoms with Gasteiger partial charge in [0.2, 0.25) is 0 Å². The normalized spacial score (nSPS) is 13.0. The van der Waals surface area contributed by atoms with Gasteiger partial charge >= 0.3 is 12.1 Å². The van der Waals surface area contributed by atoms with Crippen LogP contribution in [0.3, 0.4) is 0 Å². The van der Waals surface area contributed by atoms with Crippen LogP contribution < -0.4 is 4.74 Å². The standard InChI is InChI=1S/C11H10BrF3O3/c1-6(10(16)17-2)18-9-4-7(11(13,14)15)3-8(12)5-9/h3-6H,1-2H3. The number of halogens is 4. The highest BCUT2D eigenvalue weighted by Crippen LogP contribution is 2.34. The second-order valence-electron chi connectivity index (χ2n) is 3.46. The summed E-state index contributed by atoms with van der Waals surface area (Å²) in [5.74, 6) is -0.724. The minimum Gasteiger partial charge on any atom is -0.479 e. The van der Waals surface area contributed by atoms with Crippen molar-refractivity contribution in [2.24, 2.45) is 0 Å². The van der Waals surface area contributed by atoms with E-state index < -0.39 is 23.8 Å². The first-order chi connectivity index (χ1) is 8.24. The van der Waals surface area contributed by atoms with E-state index in [1.54, 1.807) is 0 Å². The molecule has 7 heteroatoms. The lowest BCUT2D eigenvalue weighted by Gasteiger charge is -2.14. The lowest BCUT2D eigenvalue weighted by molar-refractivity contribution is -0.147. The topological polar surface area (TPSA) is 35.5 Å². The number of esters is 1. The average Bonchev–Trinajstić information content (AvgIpc) is 2.25. The van der Waals surface area contributed by atoms with Gasteiger partial charge in [0, 0.05) is 4.47 Å². The molecule has 0 aromatic heterocycles. The largest absolute Gasteiger partial charge is 0.479 e. The van der Waals surface area contributed by atoms with E-state index >= 15 is 0 Å². The van der Waals surface area contributed by atoms with Crippen LogP contribution in [0.4, 0.5) is 13.2 Å². The summed E-state index contributed by atoms with van der Waals surface area (Å²) in [6.45, 7) is 1.39. The van der Waals surface area contributed by atoms with Gasteiger partial charge in [-0.25, -0.2) is 4.79 Å². The van der Waals surface area contributed by atoms with Crippen LogP contribution in [0.15, 0.2) is 22.7 Å². The van der Waals surface area contributed by atoms with Crippen LogP contribution in [0.2, 0.25) is 0 Å². The van der Waals surface area contributed by atoms with Gasteiger partial charge in [-0.3, -0.25) is 0 Å². The Balaban J connectivity index is 2.97. The van der Waals surface area contributed by atoms with Gasteiger partial charge in [0.25, 0.3) is 0 Å². The first kappa shape index (κ1) is 14.8. The van der Waals surface area contributed by atoms with Gasteiger partial charge in [-0.2, -0.15) is 13.2 Å². The number of ether oxygens (including phenoxy) is 2. The third-order valence-electron chi connectivity index (χ3n) is 2.04. The Morgan fingerprint density at radius 1 is 1.33 bits per heavy atom. The van der Waals surface area contributed by atoms with Crippen LogP contribution in [-0.4, -0.2) is 19.2 Å². The number of carbonyl (C=O) groups is 1. The molecule has 0 N–H and O–H groups in total. The molecule has 0 saturated carbocycles. The summed E-state index contributed by atoms with van der Waals surface area (Å²) in [7, 11) is 1.17. The number of carbonyl (C=O) groups excluding carboxylic acids is 1. The van der Waals surface area contributed by atoms with Crippen molar-refractivity contribution in [1.82, 2.24) is 0 Å². The van der Waals surface area contributed by atoms with Crippen molar-refractivity contribution < 1.29 is 27.4 Å². The number of methoxy groups -OCH3 is 1. The van der Waals surface area contributed by atoms with E-state index in [4.69, 9.17) is 4.74 Å². The second-order valence-corrected chi connectivity index (χ2v) is 4.37. The maximum atomic E-state index is 12.5. The van der Waals surface area contributed by atoms with Gasteiger partial charge in [0.05, 0.1) is 12.7 Å². The van der Waals surface area contributed by atoms with Gasteiger partial charge in [-0.05, 0) is 25.1 Å². The smallest absolute Gasteiger partial charge is 0.416 e. The molecule has 1 aromatic carbocycles. The summed E-state index contributed by atoms with van der Waals surface area (Å²) in [6, 6.07) is 3.09. The Kier molecular flexibility index (Phi) is 4.61. The Labute approximate surface area is 110 Å². The van der Waals surface area contributed by atoms with Gasteiger partial charge in [0.1, 0.15) is 5.75 Å². The van der Waals surface area contributed by atoms with Crippen molar-refractivity contribution in [2.45, 2.75) is 19.2 Å². The first-order valence-corrected chi connectivity index (χ1v) is 5.65. The number of hydrogen-bond acceptors (Lipinski definition) is 3. The summed E-state index contributed by atoms with van der Waals surface area (Å²) in [6.07, 6.45) is -5.46. The van der Waals surface area contributed by atoms with Crippen LogP contribution in [-0.2, 0) is 15.7 Å². The van der Waals surface area contributed by atoms with E-state index in [1.165, 1.54) is 20.1 Å². The third kappa shape index (κ3) is 3.90. The van der Waals surface area contributed by atoms with Crippen LogP contribution in [0.1, 0.15) is 12.5 Å². The van der Waals surface area contributed by atoms with E-state index in [0.29, 0.717) is 0 Å². The van der Waals surface area contributed by atoms with Crippen molar-refractivity contribution in [3.63, 3.8) is 0 Å². The van der Waals surface area contributed by atoms with E-state index in [-0.39, 0.29) is 10.2 Å². The van der Waals surface area contributed by atoms with Gasteiger partial charge < -0.3 is 9.47 Å². The molecule has 0 aliphatic heterocycles. The number of alkyl halides is 3. The number of rotatable bonds is 3. The molecule has 0 saturated heterocycles. The monoisotopic (exact) mass is 326 g/mol. The molecule has 1 rings (SSSR count). The molecule has 0 heterocycles. The zero-order chi connectivity index (χ0) is 13.9. The number of benzene rings is 1. The maximum Gasteiger partial charge on any atom is 0.416 e. The molecule has 0 spiro atoms. The molecule has 0 aliphatic carbocycles. The fourth-order valence-electron chi connectivity index (χ4n) is 1.21. The molecule has 1 atom stereocenters. The van der Waals surface area contributed by atoms with Gasteiger partial charge in [-0.1, -0.05) is 15.9 Å². The van der Waals surface area contributed by atoms with Crippen molar-refractivity contribution in [3.05, 3.63) is 28.2 Å². The summed E-state index contributed by atoms with van der Waals surface area (Å²) >= 11 is 2.95. The molecular weight excluding hydrogens is 317 g/mol. The predicted molar refractivity (Wildman–Crippen MR) is 61.3 cm³/mol. The molecular formula is C11H10BrF3O3. The van der Waals surface area contributed by atoms with Crippen molar-refractivity contribution in [2.75, 3.05) is 7.11 Å². The van der Waals surface area contributed by atoms with Crippen LogP contribution in [0.25, 0.3) is 0 Å². The second kappa shape index (κ2) is 5.60. The molecule has 0 radical (unpaired) electrons. The maximum absolute atomic E-state index is 12.5. The molecule has 1 aromatic rings. The molecule has 0 amide bonds. The summed E-state index contributed by atoms with van der Waals surface area (Å²) in [5.41, 5.74) is -0.857. The van der Waals surface area contributed by atoms with Crippen molar-refractivity contribution in [3.8, 4) is 5.75 Å². The minimum atomic E-state index is -4.48. The highest BCUT2D eigenvalue weighted by molar-refractivity contribution is 9.10. The Morgan fingerprint density at radius 3 is 2.44 bits per heavy atom. The fourth-order valence-corrected chi connectivity index (χ4v) is 1.68. The molecule has 18 heavy (non-hydrogen) atoms. The minimum absolute atomic E-state index is 0.0606. The average molecular weight is 327 g/mol. The lowest BCUT2D eigenvalue weighted by atomic mass is 10.2. The molecule has 1 unspecified atom stereocenters. The first-order valence-electron chi connectivity index (χ1n) is 4.86. The Hall–Kier alpha value is -1.24. The predicted octanol–water partition coefficient (Wildman–Crippen LogP) is 3.41. The zero-order valence-electron chi connectivity index (χ0n) is 9.55. The fraction of sp³-hybridized carbons (Fsp3) is 0.364.